The van der Waals surface area contributed by atoms with E-state index in [1.54, 1.807) is 6.92 Å². The van der Waals surface area contributed by atoms with Crippen molar-refractivity contribution in [3.05, 3.63) is 64.5 Å². The first-order chi connectivity index (χ1) is 12.0. The maximum absolute atomic E-state index is 14.5. The third kappa shape index (κ3) is 3.52. The smallest absolute Gasteiger partial charge is 0.387 e. The van der Waals surface area contributed by atoms with Crippen molar-refractivity contribution in [3.63, 3.8) is 0 Å². The summed E-state index contributed by atoms with van der Waals surface area (Å²) in [7, 11) is 0. The lowest BCUT2D eigenvalue weighted by molar-refractivity contribution is -0.284. The highest BCUT2D eigenvalue weighted by Crippen LogP contribution is 2.46. The van der Waals surface area contributed by atoms with Gasteiger partial charge in [0.1, 0.15) is 0 Å². The summed E-state index contributed by atoms with van der Waals surface area (Å²) in [6.45, 7) is 3.96. The Morgan fingerprint density at radius 1 is 1.12 bits per heavy atom. The minimum absolute atomic E-state index is 0.174. The molecular weight excluding hydrogens is 329 g/mol. The van der Waals surface area contributed by atoms with E-state index in [0.29, 0.717) is 5.56 Å². The van der Waals surface area contributed by atoms with Crippen LogP contribution in [-0.4, -0.2) is 6.61 Å². The molecule has 0 bridgehead atoms. The van der Waals surface area contributed by atoms with Crippen molar-refractivity contribution in [2.24, 2.45) is 0 Å². The number of halogens is 3. The largest absolute Gasteiger partial charge is 0.491 e. The maximum atomic E-state index is 14.5. The first-order valence-corrected chi connectivity index (χ1v) is 8.55. The zero-order valence-corrected chi connectivity index (χ0v) is 14.3. The van der Waals surface area contributed by atoms with E-state index in [9.17, 15) is 13.2 Å². The van der Waals surface area contributed by atoms with Gasteiger partial charge in [-0.2, -0.15) is 8.78 Å². The summed E-state index contributed by atoms with van der Waals surface area (Å²) in [5.41, 5.74) is 1.36. The Morgan fingerprint density at radius 3 is 2.48 bits per heavy atom. The molecule has 0 fully saturated rings. The fourth-order valence-electron chi connectivity index (χ4n) is 3.20. The number of aryl methyl sites for hydroxylation is 1. The summed E-state index contributed by atoms with van der Waals surface area (Å²) in [6.07, 6.45) is -2.35. The third-order valence-electron chi connectivity index (χ3n) is 4.37. The standard InChI is InChI=1S/C20H21F3O2/c1-3-5-13-6-8-14(9-7-13)17-12-15-10-11-16(24-4-2)19(21)18(15)20(22,23)25-17/h6-11,17H,3-5,12H2,1-2H3. The number of alkyl halides is 2. The van der Waals surface area contributed by atoms with Crippen LogP contribution in [0.15, 0.2) is 36.4 Å². The minimum Gasteiger partial charge on any atom is -0.491 e. The molecule has 0 radical (unpaired) electrons. The molecule has 25 heavy (non-hydrogen) atoms. The third-order valence-corrected chi connectivity index (χ3v) is 4.37. The number of ether oxygens (including phenoxy) is 2. The lowest BCUT2D eigenvalue weighted by Gasteiger charge is -2.32. The molecule has 0 spiro atoms. The molecule has 0 saturated carbocycles. The van der Waals surface area contributed by atoms with Gasteiger partial charge < -0.3 is 9.47 Å². The van der Waals surface area contributed by atoms with Crippen LogP contribution in [0, 0.1) is 5.82 Å². The quantitative estimate of drug-likeness (QED) is 0.705. The van der Waals surface area contributed by atoms with Gasteiger partial charge in [-0.05, 0) is 36.1 Å². The molecule has 1 aliphatic heterocycles. The Kier molecular flexibility index (Phi) is 5.04. The van der Waals surface area contributed by atoms with E-state index >= 15 is 0 Å². The van der Waals surface area contributed by atoms with Gasteiger partial charge in [0.25, 0.3) is 0 Å². The maximum Gasteiger partial charge on any atom is 0.387 e. The zero-order valence-electron chi connectivity index (χ0n) is 14.3. The monoisotopic (exact) mass is 350 g/mol. The molecule has 1 atom stereocenters. The van der Waals surface area contributed by atoms with Gasteiger partial charge in [-0.25, -0.2) is 4.39 Å². The second-order valence-corrected chi connectivity index (χ2v) is 6.16. The van der Waals surface area contributed by atoms with Crippen LogP contribution in [0.1, 0.15) is 48.6 Å². The summed E-state index contributed by atoms with van der Waals surface area (Å²) in [4.78, 5) is 0. The SMILES string of the molecule is CCCc1ccc(C2Cc3ccc(OCC)c(F)c3C(F)(F)O2)cc1. The van der Waals surface area contributed by atoms with Crippen LogP contribution >= 0.6 is 0 Å². The Labute approximate surface area is 145 Å². The minimum atomic E-state index is -3.70. The lowest BCUT2D eigenvalue weighted by Crippen LogP contribution is -2.31. The molecule has 2 aromatic rings. The molecule has 0 saturated heterocycles. The molecule has 1 unspecified atom stereocenters. The van der Waals surface area contributed by atoms with Crippen molar-refractivity contribution >= 4 is 0 Å². The van der Waals surface area contributed by atoms with Gasteiger partial charge in [0, 0.05) is 6.42 Å². The summed E-state index contributed by atoms with van der Waals surface area (Å²) in [5.74, 6) is -1.21. The topological polar surface area (TPSA) is 18.5 Å². The predicted molar refractivity (Wildman–Crippen MR) is 89.4 cm³/mol. The number of hydrogen-bond donors (Lipinski definition) is 0. The zero-order chi connectivity index (χ0) is 18.0. The van der Waals surface area contributed by atoms with E-state index in [1.165, 1.54) is 12.1 Å². The fourth-order valence-corrected chi connectivity index (χ4v) is 3.20. The van der Waals surface area contributed by atoms with Gasteiger partial charge in [-0.15, -0.1) is 0 Å². The van der Waals surface area contributed by atoms with Crippen molar-refractivity contribution in [3.8, 4) is 5.75 Å². The van der Waals surface area contributed by atoms with E-state index in [2.05, 4.69) is 6.92 Å². The summed E-state index contributed by atoms with van der Waals surface area (Å²) < 4.78 is 53.5. The molecule has 0 aliphatic carbocycles. The number of rotatable bonds is 5. The first-order valence-electron chi connectivity index (χ1n) is 8.55. The van der Waals surface area contributed by atoms with Crippen LogP contribution in [0.4, 0.5) is 13.2 Å². The van der Waals surface area contributed by atoms with Gasteiger partial charge in [0.05, 0.1) is 18.3 Å². The normalized spacial score (nSPS) is 18.7. The van der Waals surface area contributed by atoms with Gasteiger partial charge in [0.15, 0.2) is 11.6 Å². The van der Waals surface area contributed by atoms with Crippen molar-refractivity contribution < 1.29 is 22.6 Å². The van der Waals surface area contributed by atoms with Gasteiger partial charge in [-0.1, -0.05) is 43.7 Å². The molecule has 1 heterocycles. The van der Waals surface area contributed by atoms with Gasteiger partial charge in [-0.3, -0.25) is 0 Å². The Balaban J connectivity index is 1.92. The van der Waals surface area contributed by atoms with Crippen LogP contribution in [0.5, 0.6) is 5.75 Å². The van der Waals surface area contributed by atoms with Gasteiger partial charge >= 0.3 is 6.11 Å². The number of fused-ring (bicyclic) bond motifs is 1. The summed E-state index contributed by atoms with van der Waals surface area (Å²) in [6, 6.07) is 10.4. The summed E-state index contributed by atoms with van der Waals surface area (Å²) in [5, 5.41) is 0. The van der Waals surface area contributed by atoms with E-state index in [0.717, 1.165) is 18.4 Å². The highest BCUT2D eigenvalue weighted by atomic mass is 19.3. The van der Waals surface area contributed by atoms with Crippen LogP contribution in [0.2, 0.25) is 0 Å². The highest BCUT2D eigenvalue weighted by Gasteiger charge is 2.46. The van der Waals surface area contributed by atoms with Crippen LogP contribution in [-0.2, 0) is 23.7 Å². The average Bonchev–Trinajstić information content (AvgIpc) is 2.57. The highest BCUT2D eigenvalue weighted by molar-refractivity contribution is 5.42. The molecule has 2 nitrogen and oxygen atoms in total. The molecule has 5 heteroatoms. The molecule has 1 aliphatic rings. The molecule has 0 amide bonds. The van der Waals surface area contributed by atoms with Crippen molar-refractivity contribution in [2.45, 2.75) is 45.3 Å². The van der Waals surface area contributed by atoms with E-state index in [4.69, 9.17) is 9.47 Å². The number of hydrogen-bond acceptors (Lipinski definition) is 2. The van der Waals surface area contributed by atoms with Crippen molar-refractivity contribution in [2.75, 3.05) is 6.61 Å². The van der Waals surface area contributed by atoms with Crippen molar-refractivity contribution in [1.29, 1.82) is 0 Å². The lowest BCUT2D eigenvalue weighted by atomic mass is 9.92. The Hall–Kier alpha value is -2.01. The van der Waals surface area contributed by atoms with Crippen LogP contribution < -0.4 is 4.74 Å². The number of benzene rings is 2. The fraction of sp³-hybridized carbons (Fsp3) is 0.400. The molecule has 134 valence electrons. The van der Waals surface area contributed by atoms with Crippen LogP contribution in [0.25, 0.3) is 0 Å². The predicted octanol–water partition coefficient (Wildman–Crippen LogP) is 5.54. The second kappa shape index (κ2) is 7.08. The van der Waals surface area contributed by atoms with E-state index in [-0.39, 0.29) is 24.3 Å². The second-order valence-electron chi connectivity index (χ2n) is 6.16. The van der Waals surface area contributed by atoms with E-state index < -0.39 is 23.6 Å². The first kappa shape index (κ1) is 17.8. The van der Waals surface area contributed by atoms with E-state index in [1.807, 2.05) is 24.3 Å². The average molecular weight is 350 g/mol. The molecule has 2 aromatic carbocycles. The Bertz CT molecular complexity index is 741. The summed E-state index contributed by atoms with van der Waals surface area (Å²) >= 11 is 0. The van der Waals surface area contributed by atoms with Gasteiger partial charge in [0.2, 0.25) is 0 Å². The van der Waals surface area contributed by atoms with Crippen LogP contribution in [0.3, 0.4) is 0 Å². The molecular formula is C20H21F3O2. The Morgan fingerprint density at radius 2 is 1.84 bits per heavy atom. The molecule has 0 aromatic heterocycles. The molecule has 3 rings (SSSR count). The van der Waals surface area contributed by atoms with Crippen molar-refractivity contribution in [1.82, 2.24) is 0 Å². The molecule has 0 N–H and O–H groups in total.